The van der Waals surface area contributed by atoms with Crippen molar-refractivity contribution in [1.29, 1.82) is 5.26 Å². The number of rotatable bonds is 1. The molecule has 1 rings (SSSR count). The van der Waals surface area contributed by atoms with E-state index < -0.39 is 28.5 Å². The van der Waals surface area contributed by atoms with Crippen LogP contribution in [0.25, 0.3) is 0 Å². The number of nitriles is 1. The number of hydrogen-bond donors (Lipinski definition) is 0. The van der Waals surface area contributed by atoms with Gasteiger partial charge in [-0.1, -0.05) is 11.6 Å². The molecule has 0 aliphatic heterocycles. The van der Waals surface area contributed by atoms with Gasteiger partial charge in [-0.3, -0.25) is 4.98 Å². The Labute approximate surface area is 76.6 Å². The van der Waals surface area contributed by atoms with Crippen molar-refractivity contribution in [2.75, 3.05) is 0 Å². The van der Waals surface area contributed by atoms with Gasteiger partial charge in [0.1, 0.15) is 17.3 Å². The van der Waals surface area contributed by atoms with Crippen molar-refractivity contribution in [2.45, 2.75) is 6.43 Å². The molecule has 0 aromatic carbocycles. The summed E-state index contributed by atoms with van der Waals surface area (Å²) in [6.45, 7) is 0. The van der Waals surface area contributed by atoms with Crippen LogP contribution in [0.4, 0.5) is 13.2 Å². The Morgan fingerprint density at radius 3 is 2.62 bits per heavy atom. The molecule has 6 heteroatoms. The van der Waals surface area contributed by atoms with Crippen LogP contribution in [0.15, 0.2) is 6.20 Å². The summed E-state index contributed by atoms with van der Waals surface area (Å²) in [6.07, 6.45) is -2.24. The fourth-order valence-electron chi connectivity index (χ4n) is 0.751. The maximum absolute atomic E-state index is 12.9. The summed E-state index contributed by atoms with van der Waals surface area (Å²) in [7, 11) is 0. The van der Waals surface area contributed by atoms with E-state index in [2.05, 4.69) is 4.98 Å². The fraction of sp³-hybridized carbons (Fsp3) is 0.143. The molecular formula is C7H2ClF3N2. The SMILES string of the molecule is N#Cc1c(C(F)F)ncc(Cl)c1F. The van der Waals surface area contributed by atoms with Crippen LogP contribution in [0.2, 0.25) is 5.02 Å². The Bertz CT molecular complexity index is 373. The molecule has 0 atom stereocenters. The Balaban J connectivity index is 3.41. The molecular weight excluding hydrogens is 205 g/mol. The van der Waals surface area contributed by atoms with Crippen LogP contribution < -0.4 is 0 Å². The van der Waals surface area contributed by atoms with Crippen molar-refractivity contribution in [1.82, 2.24) is 4.98 Å². The van der Waals surface area contributed by atoms with E-state index in [0.717, 1.165) is 6.20 Å². The van der Waals surface area contributed by atoms with Crippen LogP contribution in [0, 0.1) is 17.1 Å². The van der Waals surface area contributed by atoms with Gasteiger partial charge in [0.2, 0.25) is 0 Å². The van der Waals surface area contributed by atoms with Crippen molar-refractivity contribution >= 4 is 11.6 Å². The predicted molar refractivity (Wildman–Crippen MR) is 38.9 cm³/mol. The monoisotopic (exact) mass is 206 g/mol. The minimum Gasteiger partial charge on any atom is -0.252 e. The maximum Gasteiger partial charge on any atom is 0.281 e. The minimum absolute atomic E-state index is 0.444. The van der Waals surface area contributed by atoms with E-state index in [4.69, 9.17) is 16.9 Å². The van der Waals surface area contributed by atoms with Gasteiger partial charge in [-0.05, 0) is 0 Å². The van der Waals surface area contributed by atoms with Gasteiger partial charge in [0, 0.05) is 6.20 Å². The fourth-order valence-corrected chi connectivity index (χ4v) is 0.894. The normalized spacial score (nSPS) is 10.2. The van der Waals surface area contributed by atoms with E-state index in [1.807, 2.05) is 0 Å². The molecule has 0 fully saturated rings. The molecule has 2 nitrogen and oxygen atoms in total. The highest BCUT2D eigenvalue weighted by Crippen LogP contribution is 2.25. The first-order valence-corrected chi connectivity index (χ1v) is 3.48. The Hall–Kier alpha value is -1.28. The topological polar surface area (TPSA) is 36.7 Å². The van der Waals surface area contributed by atoms with E-state index in [1.165, 1.54) is 6.07 Å². The van der Waals surface area contributed by atoms with Crippen molar-refractivity contribution < 1.29 is 13.2 Å². The number of aromatic nitrogens is 1. The van der Waals surface area contributed by atoms with E-state index in [-0.39, 0.29) is 0 Å². The molecule has 68 valence electrons. The second-order valence-corrected chi connectivity index (χ2v) is 2.50. The lowest BCUT2D eigenvalue weighted by molar-refractivity contribution is 0.145. The number of nitrogens with zero attached hydrogens (tertiary/aromatic N) is 2. The second kappa shape index (κ2) is 3.62. The summed E-state index contributed by atoms with van der Waals surface area (Å²) in [5, 5.41) is 7.91. The van der Waals surface area contributed by atoms with Crippen LogP contribution in [0.1, 0.15) is 17.7 Å². The van der Waals surface area contributed by atoms with Gasteiger partial charge in [0.05, 0.1) is 5.02 Å². The van der Waals surface area contributed by atoms with Crippen molar-refractivity contribution in [2.24, 2.45) is 0 Å². The molecule has 13 heavy (non-hydrogen) atoms. The number of halogens is 4. The zero-order valence-electron chi connectivity index (χ0n) is 6.06. The summed E-state index contributed by atoms with van der Waals surface area (Å²) >= 11 is 5.24. The summed E-state index contributed by atoms with van der Waals surface area (Å²) in [6, 6.07) is 1.28. The third kappa shape index (κ3) is 1.73. The van der Waals surface area contributed by atoms with Gasteiger partial charge in [0.15, 0.2) is 5.82 Å². The molecule has 1 aromatic rings. The first-order valence-electron chi connectivity index (χ1n) is 3.10. The quantitative estimate of drug-likeness (QED) is 0.708. The second-order valence-electron chi connectivity index (χ2n) is 2.09. The first kappa shape index (κ1) is 9.81. The van der Waals surface area contributed by atoms with Crippen LogP contribution in [0.3, 0.4) is 0 Å². The van der Waals surface area contributed by atoms with Crippen molar-refractivity contribution in [3.05, 3.63) is 28.3 Å². The average Bonchev–Trinajstić information content (AvgIpc) is 2.09. The zero-order valence-corrected chi connectivity index (χ0v) is 6.82. The molecule has 0 spiro atoms. The number of pyridine rings is 1. The Kier molecular flexibility index (Phi) is 2.73. The standard InChI is InChI=1S/C7H2ClF3N2/c8-4-2-13-6(7(10)11)3(1-12)5(4)9/h2,7H. The third-order valence-electron chi connectivity index (χ3n) is 1.32. The van der Waals surface area contributed by atoms with Gasteiger partial charge in [0.25, 0.3) is 6.43 Å². The lowest BCUT2D eigenvalue weighted by Crippen LogP contribution is -1.99. The molecule has 0 N–H and O–H groups in total. The average molecular weight is 207 g/mol. The molecule has 0 aliphatic rings. The third-order valence-corrected chi connectivity index (χ3v) is 1.58. The van der Waals surface area contributed by atoms with Crippen LogP contribution >= 0.6 is 11.6 Å². The highest BCUT2D eigenvalue weighted by atomic mass is 35.5. The molecule has 1 aromatic heterocycles. The van der Waals surface area contributed by atoms with Gasteiger partial charge >= 0.3 is 0 Å². The Morgan fingerprint density at radius 2 is 2.15 bits per heavy atom. The molecule has 0 bridgehead atoms. The van der Waals surface area contributed by atoms with Crippen LogP contribution in [-0.4, -0.2) is 4.98 Å². The molecule has 1 heterocycles. The van der Waals surface area contributed by atoms with E-state index in [0.29, 0.717) is 0 Å². The number of hydrogen-bond acceptors (Lipinski definition) is 2. The van der Waals surface area contributed by atoms with Crippen molar-refractivity contribution in [3.63, 3.8) is 0 Å². The molecule has 0 saturated carbocycles. The Morgan fingerprint density at radius 1 is 1.54 bits per heavy atom. The maximum atomic E-state index is 12.9. The van der Waals surface area contributed by atoms with Gasteiger partial charge < -0.3 is 0 Å². The summed E-state index contributed by atoms with van der Waals surface area (Å²) in [5.74, 6) is -1.16. The van der Waals surface area contributed by atoms with E-state index in [9.17, 15) is 13.2 Å². The van der Waals surface area contributed by atoms with Gasteiger partial charge in [-0.15, -0.1) is 0 Å². The number of alkyl halides is 2. The highest BCUT2D eigenvalue weighted by Gasteiger charge is 2.20. The van der Waals surface area contributed by atoms with Crippen molar-refractivity contribution in [3.8, 4) is 6.07 Å². The molecule has 0 saturated heterocycles. The lowest BCUT2D eigenvalue weighted by atomic mass is 10.2. The largest absolute Gasteiger partial charge is 0.281 e. The smallest absolute Gasteiger partial charge is 0.252 e. The molecule has 0 aliphatic carbocycles. The first-order chi connectivity index (χ1) is 6.07. The van der Waals surface area contributed by atoms with Gasteiger partial charge in [-0.25, -0.2) is 13.2 Å². The summed E-state index contributed by atoms with van der Waals surface area (Å²) in [5.41, 5.74) is -1.69. The minimum atomic E-state index is -2.98. The summed E-state index contributed by atoms with van der Waals surface area (Å²) in [4.78, 5) is 3.16. The predicted octanol–water partition coefficient (Wildman–Crippen LogP) is 2.68. The van der Waals surface area contributed by atoms with Crippen LogP contribution in [-0.2, 0) is 0 Å². The van der Waals surface area contributed by atoms with E-state index in [1.54, 1.807) is 0 Å². The van der Waals surface area contributed by atoms with E-state index >= 15 is 0 Å². The highest BCUT2D eigenvalue weighted by molar-refractivity contribution is 6.30. The zero-order chi connectivity index (χ0) is 10.0. The van der Waals surface area contributed by atoms with Gasteiger partial charge in [-0.2, -0.15) is 5.26 Å². The lowest BCUT2D eigenvalue weighted by Gasteiger charge is -2.02. The van der Waals surface area contributed by atoms with Crippen LogP contribution in [0.5, 0.6) is 0 Å². The molecule has 0 unspecified atom stereocenters. The molecule has 0 amide bonds. The summed E-state index contributed by atoms with van der Waals surface area (Å²) < 4.78 is 37.1. The molecule has 0 radical (unpaired) electrons.